The predicted octanol–water partition coefficient (Wildman–Crippen LogP) is 3.14. The molecular weight excluding hydrogens is 278 g/mol. The van der Waals surface area contributed by atoms with Gasteiger partial charge in [0.1, 0.15) is 0 Å². The van der Waals surface area contributed by atoms with Crippen molar-refractivity contribution in [3.05, 3.63) is 29.3 Å². The minimum absolute atomic E-state index is 0.573. The van der Waals surface area contributed by atoms with Gasteiger partial charge in [0.05, 0.1) is 0 Å². The minimum Gasteiger partial charge on any atom is -0.370 e. The smallest absolute Gasteiger partial charge is 0.188 e. The van der Waals surface area contributed by atoms with Crippen LogP contribution in [0.25, 0.3) is 0 Å². The number of nitrogens with two attached hydrogens (primary N) is 1. The summed E-state index contributed by atoms with van der Waals surface area (Å²) >= 11 is 7.62. The second-order valence-electron chi connectivity index (χ2n) is 4.75. The summed E-state index contributed by atoms with van der Waals surface area (Å²) in [5, 5.41) is 3.92. The number of halogens is 1. The quantitative estimate of drug-likeness (QED) is 0.367. The number of rotatable bonds is 6. The van der Waals surface area contributed by atoms with Crippen LogP contribution in [0.15, 0.2) is 34.2 Å². The molecule has 0 radical (unpaired) electrons. The Bertz CT molecular complexity index is 415. The highest BCUT2D eigenvalue weighted by Crippen LogP contribution is 2.26. The van der Waals surface area contributed by atoms with Gasteiger partial charge in [-0.3, -0.25) is 4.99 Å². The SMILES string of the molecule is NC(=NCC1CCC1)NCCSc1ccc(Cl)cc1. The monoisotopic (exact) mass is 297 g/mol. The third kappa shape index (κ3) is 5.33. The fraction of sp³-hybridized carbons (Fsp3) is 0.500. The first-order chi connectivity index (χ1) is 9.24. The first-order valence-corrected chi connectivity index (χ1v) is 8.02. The van der Waals surface area contributed by atoms with Crippen molar-refractivity contribution in [2.24, 2.45) is 16.6 Å². The summed E-state index contributed by atoms with van der Waals surface area (Å²) < 4.78 is 0. The van der Waals surface area contributed by atoms with Gasteiger partial charge in [-0.1, -0.05) is 18.0 Å². The Hall–Kier alpha value is -0.870. The van der Waals surface area contributed by atoms with E-state index in [1.54, 1.807) is 11.8 Å². The van der Waals surface area contributed by atoms with Crippen LogP contribution < -0.4 is 11.1 Å². The van der Waals surface area contributed by atoms with E-state index < -0.39 is 0 Å². The lowest BCUT2D eigenvalue weighted by Crippen LogP contribution is -2.34. The number of hydrogen-bond acceptors (Lipinski definition) is 2. The van der Waals surface area contributed by atoms with E-state index in [-0.39, 0.29) is 0 Å². The number of hydrogen-bond donors (Lipinski definition) is 2. The third-order valence-corrected chi connectivity index (χ3v) is 4.50. The zero-order valence-electron chi connectivity index (χ0n) is 10.9. The summed E-state index contributed by atoms with van der Waals surface area (Å²) in [5.74, 6) is 2.30. The van der Waals surface area contributed by atoms with Crippen molar-refractivity contribution in [1.82, 2.24) is 5.32 Å². The lowest BCUT2D eigenvalue weighted by molar-refractivity contribution is 0.326. The molecule has 0 amide bonds. The molecule has 1 fully saturated rings. The predicted molar refractivity (Wildman–Crippen MR) is 84.0 cm³/mol. The van der Waals surface area contributed by atoms with E-state index in [2.05, 4.69) is 10.3 Å². The fourth-order valence-corrected chi connectivity index (χ4v) is 2.73. The molecule has 19 heavy (non-hydrogen) atoms. The number of nitrogens with one attached hydrogen (secondary N) is 1. The first-order valence-electron chi connectivity index (χ1n) is 6.66. The van der Waals surface area contributed by atoms with E-state index in [1.165, 1.54) is 24.2 Å². The highest BCUT2D eigenvalue weighted by atomic mass is 35.5. The molecule has 0 bridgehead atoms. The zero-order valence-corrected chi connectivity index (χ0v) is 12.5. The van der Waals surface area contributed by atoms with Crippen LogP contribution >= 0.6 is 23.4 Å². The maximum Gasteiger partial charge on any atom is 0.188 e. The number of benzene rings is 1. The molecule has 0 heterocycles. The van der Waals surface area contributed by atoms with E-state index in [0.717, 1.165) is 29.8 Å². The van der Waals surface area contributed by atoms with E-state index in [4.69, 9.17) is 17.3 Å². The summed E-state index contributed by atoms with van der Waals surface area (Å²) in [4.78, 5) is 5.58. The Morgan fingerprint density at radius 2 is 2.11 bits per heavy atom. The fourth-order valence-electron chi connectivity index (χ4n) is 1.84. The van der Waals surface area contributed by atoms with Crippen molar-refractivity contribution >= 4 is 29.3 Å². The summed E-state index contributed by atoms with van der Waals surface area (Å²) in [6.07, 6.45) is 3.97. The van der Waals surface area contributed by atoms with Crippen LogP contribution in [0.2, 0.25) is 5.02 Å². The van der Waals surface area contributed by atoms with Crippen molar-refractivity contribution < 1.29 is 0 Å². The van der Waals surface area contributed by atoms with Crippen LogP contribution in [0.5, 0.6) is 0 Å². The van der Waals surface area contributed by atoms with Gasteiger partial charge in [-0.25, -0.2) is 0 Å². The maximum absolute atomic E-state index is 5.84. The van der Waals surface area contributed by atoms with Gasteiger partial charge in [0.15, 0.2) is 5.96 Å². The van der Waals surface area contributed by atoms with Gasteiger partial charge in [-0.05, 0) is 43.0 Å². The highest BCUT2D eigenvalue weighted by Gasteiger charge is 2.16. The van der Waals surface area contributed by atoms with Crippen molar-refractivity contribution in [1.29, 1.82) is 0 Å². The van der Waals surface area contributed by atoms with Crippen molar-refractivity contribution in [3.8, 4) is 0 Å². The van der Waals surface area contributed by atoms with Crippen molar-refractivity contribution in [2.75, 3.05) is 18.8 Å². The van der Waals surface area contributed by atoms with Gasteiger partial charge in [0, 0.05) is 28.8 Å². The van der Waals surface area contributed by atoms with E-state index in [9.17, 15) is 0 Å². The third-order valence-electron chi connectivity index (χ3n) is 3.24. The Kier molecular flexibility index (Phi) is 5.86. The molecule has 0 atom stereocenters. The normalized spacial score (nSPS) is 16.2. The van der Waals surface area contributed by atoms with Crippen LogP contribution in [0.1, 0.15) is 19.3 Å². The minimum atomic E-state index is 0.573. The molecule has 0 unspecified atom stereocenters. The first kappa shape index (κ1) is 14.5. The molecule has 2 rings (SSSR count). The Morgan fingerprint density at radius 1 is 1.37 bits per heavy atom. The molecule has 0 spiro atoms. The largest absolute Gasteiger partial charge is 0.370 e. The number of nitrogens with zero attached hydrogens (tertiary/aromatic N) is 1. The summed E-state index contributed by atoms with van der Waals surface area (Å²) in [5.41, 5.74) is 5.81. The van der Waals surface area contributed by atoms with Crippen LogP contribution in [0.3, 0.4) is 0 Å². The Labute approximate surface area is 124 Å². The molecule has 3 N–H and O–H groups in total. The van der Waals surface area contributed by atoms with Gasteiger partial charge in [-0.15, -0.1) is 11.8 Å². The summed E-state index contributed by atoms with van der Waals surface area (Å²) in [6.45, 7) is 1.70. The molecule has 5 heteroatoms. The average Bonchev–Trinajstić information content (AvgIpc) is 2.35. The van der Waals surface area contributed by atoms with Gasteiger partial charge < -0.3 is 11.1 Å². The lowest BCUT2D eigenvalue weighted by atomic mass is 9.86. The standard InChI is InChI=1S/C14H20ClN3S/c15-12-4-6-13(7-5-12)19-9-8-17-14(16)18-10-11-2-1-3-11/h4-7,11H,1-3,8-10H2,(H3,16,17,18). The molecule has 0 aliphatic heterocycles. The molecule has 1 aliphatic rings. The molecular formula is C14H20ClN3S. The molecule has 1 saturated carbocycles. The lowest BCUT2D eigenvalue weighted by Gasteiger charge is -2.23. The topological polar surface area (TPSA) is 50.4 Å². The average molecular weight is 298 g/mol. The van der Waals surface area contributed by atoms with Crippen molar-refractivity contribution in [3.63, 3.8) is 0 Å². The van der Waals surface area contributed by atoms with Crippen LogP contribution in [0, 0.1) is 5.92 Å². The van der Waals surface area contributed by atoms with Crippen LogP contribution in [-0.4, -0.2) is 24.8 Å². The molecule has 3 nitrogen and oxygen atoms in total. The van der Waals surface area contributed by atoms with Crippen LogP contribution in [0.4, 0.5) is 0 Å². The number of thioether (sulfide) groups is 1. The van der Waals surface area contributed by atoms with E-state index >= 15 is 0 Å². The highest BCUT2D eigenvalue weighted by molar-refractivity contribution is 7.99. The Balaban J connectivity index is 1.59. The summed E-state index contributed by atoms with van der Waals surface area (Å²) in [6, 6.07) is 7.87. The molecule has 0 aromatic heterocycles. The number of aliphatic imine (C=N–C) groups is 1. The molecule has 1 aromatic carbocycles. The molecule has 1 aliphatic carbocycles. The number of guanidine groups is 1. The van der Waals surface area contributed by atoms with Crippen molar-refractivity contribution in [2.45, 2.75) is 24.2 Å². The van der Waals surface area contributed by atoms with Gasteiger partial charge in [0.25, 0.3) is 0 Å². The van der Waals surface area contributed by atoms with Gasteiger partial charge in [-0.2, -0.15) is 0 Å². The van der Waals surface area contributed by atoms with E-state index in [1.807, 2.05) is 24.3 Å². The molecule has 0 saturated heterocycles. The second kappa shape index (κ2) is 7.65. The maximum atomic E-state index is 5.84. The Morgan fingerprint density at radius 3 is 2.74 bits per heavy atom. The van der Waals surface area contributed by atoms with Gasteiger partial charge in [0.2, 0.25) is 0 Å². The summed E-state index contributed by atoms with van der Waals surface area (Å²) in [7, 11) is 0. The molecule has 1 aromatic rings. The zero-order chi connectivity index (χ0) is 13.5. The van der Waals surface area contributed by atoms with Crippen LogP contribution in [-0.2, 0) is 0 Å². The van der Waals surface area contributed by atoms with E-state index in [0.29, 0.717) is 5.96 Å². The second-order valence-corrected chi connectivity index (χ2v) is 6.36. The van der Waals surface area contributed by atoms with Gasteiger partial charge >= 0.3 is 0 Å². The molecule has 104 valence electrons.